The lowest BCUT2D eigenvalue weighted by Crippen LogP contribution is -2.33. The Bertz CT molecular complexity index is 942. The topological polar surface area (TPSA) is 95.6 Å². The highest BCUT2D eigenvalue weighted by Crippen LogP contribution is 2.18. The van der Waals surface area contributed by atoms with Gasteiger partial charge in [0, 0.05) is 24.3 Å². The molecule has 2 rings (SSSR count). The second-order valence-corrected chi connectivity index (χ2v) is 7.79. The molecule has 0 aliphatic heterocycles. The van der Waals surface area contributed by atoms with Crippen molar-refractivity contribution in [1.82, 2.24) is 9.62 Å². The zero-order chi connectivity index (χ0) is 20.7. The van der Waals surface area contributed by atoms with Crippen molar-refractivity contribution in [3.05, 3.63) is 59.9 Å². The van der Waals surface area contributed by atoms with Gasteiger partial charge in [-0.25, -0.2) is 12.8 Å². The Morgan fingerprint density at radius 2 is 1.68 bits per heavy atom. The molecule has 0 atom stereocenters. The maximum absolute atomic E-state index is 13.1. The number of nitrogens with zero attached hydrogens (tertiary/aromatic N) is 1. The van der Waals surface area contributed by atoms with E-state index in [0.29, 0.717) is 18.8 Å². The molecule has 7 nitrogen and oxygen atoms in total. The standard InChI is InChI=1S/C19H22FN3O4S/c1-3-23(4-2)28(26,27)17-10-8-16(9-11-17)22-18(24)13-21-19(25)14-6-5-7-15(20)12-14/h5-12H,3-4,13H2,1-2H3,(H,21,25)(H,22,24). The lowest BCUT2D eigenvalue weighted by Gasteiger charge is -2.18. The Morgan fingerprint density at radius 3 is 2.25 bits per heavy atom. The molecule has 0 saturated carbocycles. The molecule has 0 unspecified atom stereocenters. The number of amides is 2. The van der Waals surface area contributed by atoms with Crippen molar-refractivity contribution in [3.63, 3.8) is 0 Å². The third kappa shape index (κ3) is 5.37. The Morgan fingerprint density at radius 1 is 1.04 bits per heavy atom. The fraction of sp³-hybridized carbons (Fsp3) is 0.263. The van der Waals surface area contributed by atoms with Gasteiger partial charge < -0.3 is 10.6 Å². The molecule has 0 aliphatic rings. The lowest BCUT2D eigenvalue weighted by atomic mass is 10.2. The predicted molar refractivity (Wildman–Crippen MR) is 104 cm³/mol. The van der Waals surface area contributed by atoms with Gasteiger partial charge in [-0.15, -0.1) is 0 Å². The number of sulfonamides is 1. The van der Waals surface area contributed by atoms with E-state index in [1.54, 1.807) is 13.8 Å². The highest BCUT2D eigenvalue weighted by atomic mass is 32.2. The van der Waals surface area contributed by atoms with Gasteiger partial charge >= 0.3 is 0 Å². The summed E-state index contributed by atoms with van der Waals surface area (Å²) in [6, 6.07) is 10.9. The molecule has 2 N–H and O–H groups in total. The van der Waals surface area contributed by atoms with Gasteiger partial charge in [0.05, 0.1) is 11.4 Å². The van der Waals surface area contributed by atoms with Crippen LogP contribution in [0.25, 0.3) is 0 Å². The summed E-state index contributed by atoms with van der Waals surface area (Å²) in [7, 11) is -3.57. The van der Waals surface area contributed by atoms with Crippen LogP contribution in [0.5, 0.6) is 0 Å². The van der Waals surface area contributed by atoms with Gasteiger partial charge in [-0.3, -0.25) is 9.59 Å². The molecule has 150 valence electrons. The number of benzene rings is 2. The van der Waals surface area contributed by atoms with Gasteiger partial charge in [-0.05, 0) is 42.5 Å². The Kier molecular flexibility index (Phi) is 7.24. The molecule has 2 aromatic rings. The lowest BCUT2D eigenvalue weighted by molar-refractivity contribution is -0.115. The summed E-state index contributed by atoms with van der Waals surface area (Å²) >= 11 is 0. The first-order valence-electron chi connectivity index (χ1n) is 8.71. The number of rotatable bonds is 8. The van der Waals surface area contributed by atoms with Crippen molar-refractivity contribution in [2.24, 2.45) is 0 Å². The number of anilines is 1. The molecule has 9 heteroatoms. The summed E-state index contributed by atoms with van der Waals surface area (Å²) in [5.74, 6) is -1.61. The van der Waals surface area contributed by atoms with Crippen LogP contribution in [0.15, 0.2) is 53.4 Å². The molecule has 0 radical (unpaired) electrons. The minimum Gasteiger partial charge on any atom is -0.343 e. The molecule has 0 aliphatic carbocycles. The Labute approximate surface area is 163 Å². The first kappa shape index (κ1) is 21.5. The fourth-order valence-corrected chi connectivity index (χ4v) is 3.98. The smallest absolute Gasteiger partial charge is 0.251 e. The Balaban J connectivity index is 1.95. The van der Waals surface area contributed by atoms with Gasteiger partial charge in [0.15, 0.2) is 0 Å². The molecule has 0 aromatic heterocycles. The van der Waals surface area contributed by atoms with Crippen LogP contribution < -0.4 is 10.6 Å². The fourth-order valence-electron chi connectivity index (χ4n) is 2.52. The summed E-state index contributed by atoms with van der Waals surface area (Å²) in [6.07, 6.45) is 0. The number of nitrogens with one attached hydrogen (secondary N) is 2. The number of carbonyl (C=O) groups is 2. The first-order valence-corrected chi connectivity index (χ1v) is 10.2. The Hall–Kier alpha value is -2.78. The third-order valence-corrected chi connectivity index (χ3v) is 6.04. The minimum absolute atomic E-state index is 0.110. The van der Waals surface area contributed by atoms with Crippen LogP contribution in [0.3, 0.4) is 0 Å². The number of hydrogen-bond donors (Lipinski definition) is 2. The molecule has 28 heavy (non-hydrogen) atoms. The number of hydrogen-bond acceptors (Lipinski definition) is 4. The van der Waals surface area contributed by atoms with Crippen molar-refractivity contribution < 1.29 is 22.4 Å². The third-order valence-electron chi connectivity index (χ3n) is 3.98. The van der Waals surface area contributed by atoms with Crippen molar-refractivity contribution in [2.45, 2.75) is 18.7 Å². The first-order chi connectivity index (χ1) is 13.3. The van der Waals surface area contributed by atoms with Crippen molar-refractivity contribution in [3.8, 4) is 0 Å². The van der Waals surface area contributed by atoms with Crippen LogP contribution >= 0.6 is 0 Å². The molecular weight excluding hydrogens is 385 g/mol. The molecule has 0 heterocycles. The SMILES string of the molecule is CCN(CC)S(=O)(=O)c1ccc(NC(=O)CNC(=O)c2cccc(F)c2)cc1. The second-order valence-electron chi connectivity index (χ2n) is 5.85. The van der Waals surface area contributed by atoms with E-state index >= 15 is 0 Å². The molecule has 2 aromatic carbocycles. The summed E-state index contributed by atoms with van der Waals surface area (Å²) in [4.78, 5) is 24.0. The average Bonchev–Trinajstić information content (AvgIpc) is 2.67. The zero-order valence-corrected chi connectivity index (χ0v) is 16.4. The van der Waals surface area contributed by atoms with E-state index in [1.807, 2.05) is 0 Å². The van der Waals surface area contributed by atoms with Crippen LogP contribution in [0.2, 0.25) is 0 Å². The highest BCUT2D eigenvalue weighted by molar-refractivity contribution is 7.89. The molecule has 0 bridgehead atoms. The monoisotopic (exact) mass is 407 g/mol. The number of carbonyl (C=O) groups excluding carboxylic acids is 2. The van der Waals surface area contributed by atoms with E-state index in [1.165, 1.54) is 46.8 Å². The van der Waals surface area contributed by atoms with Gasteiger partial charge in [0.25, 0.3) is 5.91 Å². The summed E-state index contributed by atoms with van der Waals surface area (Å²) in [5, 5.41) is 4.95. The average molecular weight is 407 g/mol. The quantitative estimate of drug-likeness (QED) is 0.701. The van der Waals surface area contributed by atoms with Gasteiger partial charge in [-0.1, -0.05) is 19.9 Å². The maximum Gasteiger partial charge on any atom is 0.251 e. The van der Waals surface area contributed by atoms with E-state index in [4.69, 9.17) is 0 Å². The van der Waals surface area contributed by atoms with Crippen molar-refractivity contribution in [1.29, 1.82) is 0 Å². The largest absolute Gasteiger partial charge is 0.343 e. The minimum atomic E-state index is -3.57. The van der Waals surface area contributed by atoms with Gasteiger partial charge in [0.1, 0.15) is 5.82 Å². The van der Waals surface area contributed by atoms with Crippen molar-refractivity contribution >= 4 is 27.5 Å². The zero-order valence-electron chi connectivity index (χ0n) is 15.6. The van der Waals surface area contributed by atoms with Crippen LogP contribution in [-0.4, -0.2) is 44.2 Å². The van der Waals surface area contributed by atoms with E-state index in [-0.39, 0.29) is 17.0 Å². The normalized spacial score (nSPS) is 11.3. The van der Waals surface area contributed by atoms with Crippen LogP contribution in [0, 0.1) is 5.82 Å². The van der Waals surface area contributed by atoms with Crippen molar-refractivity contribution in [2.75, 3.05) is 25.0 Å². The van der Waals surface area contributed by atoms with E-state index < -0.39 is 27.7 Å². The second kappa shape index (κ2) is 9.43. The molecular formula is C19H22FN3O4S. The van der Waals surface area contributed by atoms with Crippen LogP contribution in [0.4, 0.5) is 10.1 Å². The number of halogens is 1. The summed E-state index contributed by atoms with van der Waals surface area (Å²) < 4.78 is 39.3. The van der Waals surface area contributed by atoms with Crippen LogP contribution in [-0.2, 0) is 14.8 Å². The van der Waals surface area contributed by atoms with E-state index in [0.717, 1.165) is 6.07 Å². The van der Waals surface area contributed by atoms with Gasteiger partial charge in [-0.2, -0.15) is 4.31 Å². The van der Waals surface area contributed by atoms with E-state index in [9.17, 15) is 22.4 Å². The van der Waals surface area contributed by atoms with E-state index in [2.05, 4.69) is 10.6 Å². The molecule has 0 saturated heterocycles. The summed E-state index contributed by atoms with van der Waals surface area (Å²) in [5.41, 5.74) is 0.502. The van der Waals surface area contributed by atoms with Crippen LogP contribution in [0.1, 0.15) is 24.2 Å². The molecule has 0 fully saturated rings. The highest BCUT2D eigenvalue weighted by Gasteiger charge is 2.21. The van der Waals surface area contributed by atoms with Gasteiger partial charge in [0.2, 0.25) is 15.9 Å². The maximum atomic E-state index is 13.1. The molecule has 2 amide bonds. The predicted octanol–water partition coefficient (Wildman–Crippen LogP) is 2.22. The molecule has 0 spiro atoms. The summed E-state index contributed by atoms with van der Waals surface area (Å²) in [6.45, 7) is 3.93.